The summed E-state index contributed by atoms with van der Waals surface area (Å²) in [6.07, 6.45) is 4.17. The second kappa shape index (κ2) is 7.10. The van der Waals surface area contributed by atoms with Crippen LogP contribution in [0.5, 0.6) is 0 Å². The van der Waals surface area contributed by atoms with Gasteiger partial charge in [0.1, 0.15) is 5.82 Å². The minimum atomic E-state index is -0.102. The van der Waals surface area contributed by atoms with Crippen LogP contribution in [0.25, 0.3) is 10.9 Å². The standard InChI is InChI=1S/C20H23N5O3/c26-11-10-25-18(21-15-5-2-1-4-14(15)20(25)27)16-6-3-9-24(16)12-17-22-19(28-23-17)13-7-8-13/h1-2,4-5,13,16,26H,3,6-12H2. The average Bonchev–Trinajstić information content (AvgIpc) is 3.28. The highest BCUT2D eigenvalue weighted by molar-refractivity contribution is 5.77. The van der Waals surface area contributed by atoms with E-state index >= 15 is 0 Å². The van der Waals surface area contributed by atoms with Crippen molar-refractivity contribution in [3.8, 4) is 0 Å². The fourth-order valence-corrected chi connectivity index (χ4v) is 4.07. The maximum Gasteiger partial charge on any atom is 0.261 e. The Balaban J connectivity index is 1.50. The maximum atomic E-state index is 13.0. The SMILES string of the molecule is O=c1c2ccccc2nc(C2CCCN2Cc2noc(C3CC3)n2)n1CCO. The first-order valence-corrected chi connectivity index (χ1v) is 9.91. The molecule has 1 N–H and O–H groups in total. The quantitative estimate of drug-likeness (QED) is 0.697. The third kappa shape index (κ3) is 3.12. The molecule has 0 spiro atoms. The molecule has 1 saturated heterocycles. The van der Waals surface area contributed by atoms with E-state index in [-0.39, 0.29) is 24.8 Å². The van der Waals surface area contributed by atoms with Gasteiger partial charge in [0, 0.05) is 5.92 Å². The zero-order valence-electron chi connectivity index (χ0n) is 15.6. The molecule has 0 amide bonds. The minimum Gasteiger partial charge on any atom is -0.395 e. The summed E-state index contributed by atoms with van der Waals surface area (Å²) < 4.78 is 7.01. The van der Waals surface area contributed by atoms with Crippen LogP contribution in [-0.4, -0.2) is 42.8 Å². The monoisotopic (exact) mass is 381 g/mol. The molecule has 3 heterocycles. The predicted octanol–water partition coefficient (Wildman–Crippen LogP) is 1.99. The molecule has 2 aliphatic rings. The highest BCUT2D eigenvalue weighted by Crippen LogP contribution is 2.39. The molecule has 5 rings (SSSR count). The molecule has 1 unspecified atom stereocenters. The Kier molecular flexibility index (Phi) is 4.44. The molecule has 1 saturated carbocycles. The number of likely N-dealkylation sites (tertiary alicyclic amines) is 1. The summed E-state index contributed by atoms with van der Waals surface area (Å²) in [6.45, 7) is 1.60. The van der Waals surface area contributed by atoms with Crippen LogP contribution in [0.4, 0.5) is 0 Å². The van der Waals surface area contributed by atoms with Crippen molar-refractivity contribution in [1.82, 2.24) is 24.6 Å². The molecule has 0 bridgehead atoms. The average molecular weight is 381 g/mol. The topological polar surface area (TPSA) is 97.3 Å². The van der Waals surface area contributed by atoms with Crippen LogP contribution >= 0.6 is 0 Å². The van der Waals surface area contributed by atoms with E-state index in [4.69, 9.17) is 9.51 Å². The summed E-state index contributed by atoms with van der Waals surface area (Å²) in [4.78, 5) is 24.6. The first-order chi connectivity index (χ1) is 13.7. The van der Waals surface area contributed by atoms with Crippen molar-refractivity contribution in [3.63, 3.8) is 0 Å². The molecule has 2 aromatic heterocycles. The Morgan fingerprint density at radius 2 is 2.04 bits per heavy atom. The summed E-state index contributed by atoms with van der Waals surface area (Å²) >= 11 is 0. The van der Waals surface area contributed by atoms with Crippen LogP contribution in [0.3, 0.4) is 0 Å². The van der Waals surface area contributed by atoms with Gasteiger partial charge in [-0.1, -0.05) is 17.3 Å². The van der Waals surface area contributed by atoms with Gasteiger partial charge < -0.3 is 9.63 Å². The Bertz CT molecular complexity index is 1060. The van der Waals surface area contributed by atoms with Crippen molar-refractivity contribution in [2.24, 2.45) is 0 Å². The number of para-hydroxylation sites is 1. The third-order valence-corrected chi connectivity index (χ3v) is 5.63. The Hall–Kier alpha value is -2.58. The molecule has 1 atom stereocenters. The van der Waals surface area contributed by atoms with Gasteiger partial charge in [-0.05, 0) is 44.4 Å². The largest absolute Gasteiger partial charge is 0.395 e. The molecule has 2 fully saturated rings. The fraction of sp³-hybridized carbons (Fsp3) is 0.500. The number of rotatable bonds is 6. The lowest BCUT2D eigenvalue weighted by Crippen LogP contribution is -2.33. The summed E-state index contributed by atoms with van der Waals surface area (Å²) in [7, 11) is 0. The van der Waals surface area contributed by atoms with E-state index in [1.54, 1.807) is 10.6 Å². The molecular weight excluding hydrogens is 358 g/mol. The van der Waals surface area contributed by atoms with E-state index in [0.29, 0.717) is 35.0 Å². The molecule has 1 aliphatic heterocycles. The fourth-order valence-electron chi connectivity index (χ4n) is 4.07. The van der Waals surface area contributed by atoms with E-state index in [1.165, 1.54) is 0 Å². The summed E-state index contributed by atoms with van der Waals surface area (Å²) in [5.74, 6) is 2.58. The Labute approximate surface area is 161 Å². The lowest BCUT2D eigenvalue weighted by atomic mass is 10.1. The van der Waals surface area contributed by atoms with E-state index in [9.17, 15) is 9.90 Å². The number of fused-ring (bicyclic) bond motifs is 1. The van der Waals surface area contributed by atoms with Gasteiger partial charge in [-0.25, -0.2) is 4.98 Å². The molecular formula is C20H23N5O3. The van der Waals surface area contributed by atoms with Crippen molar-refractivity contribution in [2.75, 3.05) is 13.2 Å². The van der Waals surface area contributed by atoms with E-state index in [1.807, 2.05) is 18.2 Å². The van der Waals surface area contributed by atoms with E-state index in [0.717, 1.165) is 38.1 Å². The van der Waals surface area contributed by atoms with Crippen molar-refractivity contribution >= 4 is 10.9 Å². The zero-order chi connectivity index (χ0) is 19.1. The van der Waals surface area contributed by atoms with Gasteiger partial charge >= 0.3 is 0 Å². The molecule has 0 radical (unpaired) electrons. The van der Waals surface area contributed by atoms with Crippen LogP contribution in [0.2, 0.25) is 0 Å². The number of benzene rings is 1. The molecule has 8 heteroatoms. The van der Waals surface area contributed by atoms with Crippen LogP contribution in [0, 0.1) is 0 Å². The third-order valence-electron chi connectivity index (χ3n) is 5.63. The first-order valence-electron chi connectivity index (χ1n) is 9.91. The van der Waals surface area contributed by atoms with Crippen LogP contribution in [0.15, 0.2) is 33.6 Å². The highest BCUT2D eigenvalue weighted by atomic mass is 16.5. The normalized spacial score (nSPS) is 20.2. The number of hydrogen-bond donors (Lipinski definition) is 1. The first kappa shape index (κ1) is 17.5. The van der Waals surface area contributed by atoms with Gasteiger partial charge in [-0.15, -0.1) is 0 Å². The summed E-state index contributed by atoms with van der Waals surface area (Å²) in [5, 5.41) is 14.2. The predicted molar refractivity (Wildman–Crippen MR) is 102 cm³/mol. The highest BCUT2D eigenvalue weighted by Gasteiger charge is 2.33. The smallest absolute Gasteiger partial charge is 0.261 e. The van der Waals surface area contributed by atoms with E-state index < -0.39 is 0 Å². The Morgan fingerprint density at radius 3 is 2.86 bits per heavy atom. The van der Waals surface area contributed by atoms with Gasteiger partial charge in [-0.3, -0.25) is 14.3 Å². The molecule has 8 nitrogen and oxygen atoms in total. The van der Waals surface area contributed by atoms with Crippen molar-refractivity contribution in [3.05, 3.63) is 52.2 Å². The number of hydrogen-bond acceptors (Lipinski definition) is 7. The lowest BCUT2D eigenvalue weighted by Gasteiger charge is -2.25. The lowest BCUT2D eigenvalue weighted by molar-refractivity contribution is 0.216. The number of aliphatic hydroxyl groups is 1. The van der Waals surface area contributed by atoms with E-state index in [2.05, 4.69) is 15.0 Å². The van der Waals surface area contributed by atoms with Crippen LogP contribution in [0.1, 0.15) is 55.2 Å². The van der Waals surface area contributed by atoms with Gasteiger partial charge in [0.25, 0.3) is 5.56 Å². The minimum absolute atomic E-state index is 0.00766. The van der Waals surface area contributed by atoms with Crippen molar-refractivity contribution < 1.29 is 9.63 Å². The number of aliphatic hydroxyl groups excluding tert-OH is 1. The zero-order valence-corrected chi connectivity index (χ0v) is 15.6. The van der Waals surface area contributed by atoms with Crippen LogP contribution < -0.4 is 5.56 Å². The summed E-state index contributed by atoms with van der Waals surface area (Å²) in [6, 6.07) is 7.37. The van der Waals surface area contributed by atoms with Gasteiger partial charge in [-0.2, -0.15) is 4.98 Å². The van der Waals surface area contributed by atoms with Gasteiger partial charge in [0.15, 0.2) is 5.82 Å². The summed E-state index contributed by atoms with van der Waals surface area (Å²) in [5.41, 5.74) is 0.594. The van der Waals surface area contributed by atoms with Gasteiger partial charge in [0.2, 0.25) is 5.89 Å². The molecule has 146 valence electrons. The number of aromatic nitrogens is 4. The number of nitrogens with zero attached hydrogens (tertiary/aromatic N) is 5. The molecule has 28 heavy (non-hydrogen) atoms. The van der Waals surface area contributed by atoms with Gasteiger partial charge in [0.05, 0.1) is 36.6 Å². The van der Waals surface area contributed by atoms with Crippen molar-refractivity contribution in [2.45, 2.75) is 50.7 Å². The molecule has 1 aliphatic carbocycles. The second-order valence-corrected chi connectivity index (χ2v) is 7.62. The second-order valence-electron chi connectivity index (χ2n) is 7.62. The van der Waals surface area contributed by atoms with Crippen molar-refractivity contribution in [1.29, 1.82) is 0 Å². The van der Waals surface area contributed by atoms with Crippen LogP contribution in [-0.2, 0) is 13.1 Å². The molecule has 3 aromatic rings. The molecule has 1 aromatic carbocycles. The Morgan fingerprint density at radius 1 is 1.18 bits per heavy atom. The maximum absolute atomic E-state index is 13.0.